The number of nitrogens with zero attached hydrogens (tertiary/aromatic N) is 1. The molecule has 21 heavy (non-hydrogen) atoms. The van der Waals surface area contributed by atoms with Gasteiger partial charge in [-0.2, -0.15) is 0 Å². The first-order valence-corrected chi connectivity index (χ1v) is 7.49. The van der Waals surface area contributed by atoms with Crippen LogP contribution in [0.25, 0.3) is 0 Å². The van der Waals surface area contributed by atoms with E-state index >= 15 is 0 Å². The van der Waals surface area contributed by atoms with Crippen molar-refractivity contribution in [1.29, 1.82) is 0 Å². The number of carbonyl (C=O) groups is 2. The van der Waals surface area contributed by atoms with Gasteiger partial charge in [0.25, 0.3) is 0 Å². The lowest BCUT2D eigenvalue weighted by atomic mass is 9.79. The lowest BCUT2D eigenvalue weighted by molar-refractivity contribution is -0.128. The van der Waals surface area contributed by atoms with Gasteiger partial charge in [-0.25, -0.2) is 0 Å². The van der Waals surface area contributed by atoms with Crippen LogP contribution in [0.4, 0.5) is 0 Å². The first-order chi connectivity index (χ1) is 9.51. The van der Waals surface area contributed by atoms with Crippen molar-refractivity contribution >= 4 is 11.6 Å². The first-order valence-electron chi connectivity index (χ1n) is 7.49. The van der Waals surface area contributed by atoms with Crippen molar-refractivity contribution in [2.75, 3.05) is 0 Å². The minimum absolute atomic E-state index is 0.135. The molecule has 0 amide bonds. The third-order valence-electron chi connectivity index (χ3n) is 3.64. The summed E-state index contributed by atoms with van der Waals surface area (Å²) in [5.74, 6) is 0.198. The van der Waals surface area contributed by atoms with Gasteiger partial charge in [-0.3, -0.25) is 14.6 Å². The molecule has 0 atom stereocenters. The second kappa shape index (κ2) is 6.50. The van der Waals surface area contributed by atoms with E-state index in [0.717, 1.165) is 5.69 Å². The van der Waals surface area contributed by atoms with E-state index in [0.29, 0.717) is 12.8 Å². The molecular weight excluding hydrogens is 262 g/mol. The lowest BCUT2D eigenvalue weighted by Crippen LogP contribution is -2.27. The standard InChI is InChI=1S/C18H27NO2/c1-17(2,3)15(20)11-13(12-16(21)18(4,5)6)14-9-7-8-10-19-14/h7-10,13H,11-12H2,1-6H3. The largest absolute Gasteiger partial charge is 0.299 e. The molecule has 3 nitrogen and oxygen atoms in total. The predicted octanol–water partition coefficient (Wildman–Crippen LogP) is 4.18. The molecule has 0 bridgehead atoms. The molecule has 0 aliphatic carbocycles. The van der Waals surface area contributed by atoms with Gasteiger partial charge in [0.1, 0.15) is 11.6 Å². The van der Waals surface area contributed by atoms with E-state index in [1.165, 1.54) is 0 Å². The summed E-state index contributed by atoms with van der Waals surface area (Å²) >= 11 is 0. The quantitative estimate of drug-likeness (QED) is 0.817. The van der Waals surface area contributed by atoms with E-state index in [4.69, 9.17) is 0 Å². The van der Waals surface area contributed by atoms with E-state index in [1.807, 2.05) is 59.7 Å². The number of Topliss-reactive ketones (excluding diaryl/α,β-unsaturated/α-hetero) is 2. The average Bonchev–Trinajstić information content (AvgIpc) is 2.36. The number of hydrogen-bond donors (Lipinski definition) is 0. The highest BCUT2D eigenvalue weighted by atomic mass is 16.1. The molecule has 1 aromatic rings. The van der Waals surface area contributed by atoms with Crippen LogP contribution >= 0.6 is 0 Å². The van der Waals surface area contributed by atoms with Crippen LogP contribution in [0.2, 0.25) is 0 Å². The summed E-state index contributed by atoms with van der Waals surface area (Å²) in [6.45, 7) is 11.5. The van der Waals surface area contributed by atoms with E-state index in [2.05, 4.69) is 4.98 Å². The molecule has 0 spiro atoms. The molecule has 1 aromatic heterocycles. The van der Waals surface area contributed by atoms with Crippen LogP contribution in [-0.2, 0) is 9.59 Å². The normalized spacial score (nSPS) is 12.5. The topological polar surface area (TPSA) is 47.0 Å². The van der Waals surface area contributed by atoms with E-state index in [9.17, 15) is 9.59 Å². The Morgan fingerprint density at radius 1 is 0.952 bits per heavy atom. The van der Waals surface area contributed by atoms with Gasteiger partial charge in [-0.1, -0.05) is 47.6 Å². The fraction of sp³-hybridized carbons (Fsp3) is 0.611. The summed E-state index contributed by atoms with van der Waals surface area (Å²) in [4.78, 5) is 29.0. The highest BCUT2D eigenvalue weighted by Gasteiger charge is 2.30. The van der Waals surface area contributed by atoms with Crippen molar-refractivity contribution in [2.24, 2.45) is 10.8 Å². The molecule has 1 heterocycles. The molecule has 0 saturated carbocycles. The molecule has 116 valence electrons. The molecular formula is C18H27NO2. The Balaban J connectivity index is 2.97. The summed E-state index contributed by atoms with van der Waals surface area (Å²) in [5, 5.41) is 0. The third kappa shape index (κ3) is 5.41. The molecule has 0 aliphatic heterocycles. The number of pyridine rings is 1. The van der Waals surface area contributed by atoms with Crippen molar-refractivity contribution in [1.82, 2.24) is 4.98 Å². The Morgan fingerprint density at radius 2 is 1.43 bits per heavy atom. The van der Waals surface area contributed by atoms with Gasteiger partial charge >= 0.3 is 0 Å². The van der Waals surface area contributed by atoms with Crippen LogP contribution in [0.3, 0.4) is 0 Å². The molecule has 0 unspecified atom stereocenters. The van der Waals surface area contributed by atoms with Gasteiger partial charge in [0.15, 0.2) is 0 Å². The summed E-state index contributed by atoms with van der Waals surface area (Å²) < 4.78 is 0. The molecule has 0 aliphatic rings. The van der Waals surface area contributed by atoms with Gasteiger partial charge in [0.05, 0.1) is 0 Å². The molecule has 0 fully saturated rings. The lowest BCUT2D eigenvalue weighted by Gasteiger charge is -2.24. The zero-order valence-electron chi connectivity index (χ0n) is 14.1. The van der Waals surface area contributed by atoms with Gasteiger partial charge < -0.3 is 0 Å². The summed E-state index contributed by atoms with van der Waals surface area (Å²) in [6.07, 6.45) is 2.44. The summed E-state index contributed by atoms with van der Waals surface area (Å²) in [6, 6.07) is 5.65. The van der Waals surface area contributed by atoms with E-state index in [1.54, 1.807) is 6.20 Å². The molecule has 0 N–H and O–H groups in total. The molecule has 0 saturated heterocycles. The van der Waals surface area contributed by atoms with Crippen LogP contribution in [0.1, 0.15) is 66.0 Å². The Morgan fingerprint density at radius 3 is 1.76 bits per heavy atom. The van der Waals surface area contributed by atoms with Gasteiger partial charge in [0, 0.05) is 41.5 Å². The Bertz CT molecular complexity index is 464. The average molecular weight is 289 g/mol. The minimum Gasteiger partial charge on any atom is -0.299 e. The maximum Gasteiger partial charge on any atom is 0.138 e. The first kappa shape index (κ1) is 17.5. The van der Waals surface area contributed by atoms with Crippen molar-refractivity contribution in [3.63, 3.8) is 0 Å². The fourth-order valence-electron chi connectivity index (χ4n) is 1.96. The number of ketones is 2. The SMILES string of the molecule is CC(C)(C)C(=O)CC(CC(=O)C(C)(C)C)c1ccccn1. The van der Waals surface area contributed by atoms with Crippen LogP contribution in [0, 0.1) is 10.8 Å². The molecule has 3 heteroatoms. The van der Waals surface area contributed by atoms with Crippen molar-refractivity contribution in [3.8, 4) is 0 Å². The van der Waals surface area contributed by atoms with Crippen molar-refractivity contribution in [2.45, 2.75) is 60.3 Å². The van der Waals surface area contributed by atoms with Gasteiger partial charge in [0.2, 0.25) is 0 Å². The number of aromatic nitrogens is 1. The Hall–Kier alpha value is -1.51. The number of rotatable bonds is 5. The summed E-state index contributed by atoms with van der Waals surface area (Å²) in [7, 11) is 0. The summed E-state index contributed by atoms with van der Waals surface area (Å²) in [5.41, 5.74) is 0.0445. The monoisotopic (exact) mass is 289 g/mol. The van der Waals surface area contributed by atoms with Gasteiger partial charge in [-0.15, -0.1) is 0 Å². The van der Waals surface area contributed by atoms with Crippen molar-refractivity contribution < 1.29 is 9.59 Å². The predicted molar refractivity (Wildman–Crippen MR) is 85.1 cm³/mol. The Kier molecular flexibility index (Phi) is 5.43. The number of hydrogen-bond acceptors (Lipinski definition) is 3. The molecule has 0 aromatic carbocycles. The number of carbonyl (C=O) groups excluding carboxylic acids is 2. The van der Waals surface area contributed by atoms with Gasteiger partial charge in [-0.05, 0) is 12.1 Å². The highest BCUT2D eigenvalue weighted by Crippen LogP contribution is 2.30. The Labute approximate surface area is 128 Å². The van der Waals surface area contributed by atoms with Crippen LogP contribution in [0.15, 0.2) is 24.4 Å². The van der Waals surface area contributed by atoms with E-state index < -0.39 is 10.8 Å². The smallest absolute Gasteiger partial charge is 0.138 e. The molecule has 0 radical (unpaired) electrons. The zero-order valence-corrected chi connectivity index (χ0v) is 14.1. The molecule has 1 rings (SSSR count). The highest BCUT2D eigenvalue weighted by molar-refractivity contribution is 5.87. The maximum absolute atomic E-state index is 12.3. The van der Waals surface area contributed by atoms with Crippen LogP contribution in [-0.4, -0.2) is 16.6 Å². The minimum atomic E-state index is -0.391. The maximum atomic E-state index is 12.3. The second-order valence-corrected chi connectivity index (χ2v) is 7.71. The van der Waals surface area contributed by atoms with Crippen LogP contribution in [0.5, 0.6) is 0 Å². The zero-order chi connectivity index (χ0) is 16.3. The second-order valence-electron chi connectivity index (χ2n) is 7.71. The fourth-order valence-corrected chi connectivity index (χ4v) is 1.96. The third-order valence-corrected chi connectivity index (χ3v) is 3.64. The van der Waals surface area contributed by atoms with Crippen LogP contribution < -0.4 is 0 Å². The van der Waals surface area contributed by atoms with Crippen molar-refractivity contribution in [3.05, 3.63) is 30.1 Å². The van der Waals surface area contributed by atoms with E-state index in [-0.39, 0.29) is 17.5 Å².